The number of benzene rings is 1. The Morgan fingerprint density at radius 2 is 1.95 bits per heavy atom. The number of carboxylic acid groups (broad SMARTS) is 1. The summed E-state index contributed by atoms with van der Waals surface area (Å²) in [5.74, 6) is -2.85. The lowest BCUT2D eigenvalue weighted by molar-refractivity contribution is -0.192. The number of aromatic amines is 1. The number of thiazole rings is 1. The fourth-order valence-electron chi connectivity index (χ4n) is 3.61. The molecule has 0 saturated heterocycles. The Morgan fingerprint density at radius 1 is 1.26 bits per heavy atom. The number of halogens is 5. The molecule has 5 N–H and O–H groups in total. The monoisotopic (exact) mass is 584 g/mol. The van der Waals surface area contributed by atoms with Crippen molar-refractivity contribution in [1.29, 1.82) is 0 Å². The van der Waals surface area contributed by atoms with Crippen LogP contribution in [0.2, 0.25) is 5.02 Å². The lowest BCUT2D eigenvalue weighted by atomic mass is 10.0. The summed E-state index contributed by atoms with van der Waals surface area (Å²) in [6.07, 6.45) is -3.60. The van der Waals surface area contributed by atoms with Gasteiger partial charge in [-0.1, -0.05) is 11.6 Å². The zero-order chi connectivity index (χ0) is 28.6. The summed E-state index contributed by atoms with van der Waals surface area (Å²) in [6, 6.07) is 3.49. The molecule has 11 nitrogen and oxygen atoms in total. The van der Waals surface area contributed by atoms with E-state index in [1.165, 1.54) is 34.2 Å². The number of hydrogen-bond acceptors (Lipinski definition) is 9. The second kappa shape index (κ2) is 10.5. The van der Waals surface area contributed by atoms with Gasteiger partial charge in [0.25, 0.3) is 5.56 Å². The van der Waals surface area contributed by atoms with Crippen molar-refractivity contribution < 1.29 is 27.5 Å². The number of fused-ring (bicyclic) bond motifs is 2. The number of rotatable bonds is 4. The molecule has 4 aromatic heterocycles. The summed E-state index contributed by atoms with van der Waals surface area (Å²) in [7, 11) is 0. The average molecular weight is 585 g/mol. The molecule has 0 bridgehead atoms. The molecule has 0 amide bonds. The molecule has 0 radical (unpaired) electrons. The molecule has 0 aliphatic rings. The van der Waals surface area contributed by atoms with E-state index in [1.807, 2.05) is 19.2 Å². The lowest BCUT2D eigenvalue weighted by Crippen LogP contribution is -2.23. The van der Waals surface area contributed by atoms with Crippen LogP contribution in [0.5, 0.6) is 0 Å². The first-order valence-corrected chi connectivity index (χ1v) is 12.0. The van der Waals surface area contributed by atoms with Crippen molar-refractivity contribution in [2.75, 3.05) is 11.1 Å². The minimum Gasteiger partial charge on any atom is -0.475 e. The number of imidazole rings is 1. The zero-order valence-electron chi connectivity index (χ0n) is 19.8. The first-order valence-electron chi connectivity index (χ1n) is 10.8. The molecular weight excluding hydrogens is 568 g/mol. The molecule has 0 fully saturated rings. The van der Waals surface area contributed by atoms with Crippen LogP contribution in [0.25, 0.3) is 27.3 Å². The number of aromatic nitrogens is 6. The normalized spacial score (nSPS) is 12.3. The SMILES string of the molecule is Cc1csc2nc(C(C)Nc3nc(N)nc4nc[nH]c34)c(-c3cc(F)cc(Cl)c3)c(=O)n12.O=C(O)C(F)(F)F. The quantitative estimate of drug-likeness (QED) is 0.221. The third-order valence-corrected chi connectivity index (χ3v) is 6.39. The number of nitrogens with two attached hydrogens (primary N) is 1. The number of anilines is 2. The summed E-state index contributed by atoms with van der Waals surface area (Å²) >= 11 is 7.43. The van der Waals surface area contributed by atoms with Gasteiger partial charge in [0.05, 0.1) is 23.6 Å². The zero-order valence-corrected chi connectivity index (χ0v) is 21.4. The number of hydrogen-bond donors (Lipinski definition) is 4. The lowest BCUT2D eigenvalue weighted by Gasteiger charge is -2.18. The van der Waals surface area contributed by atoms with E-state index in [0.29, 0.717) is 33.2 Å². The fraction of sp³-hybridized carbons (Fsp3) is 0.182. The van der Waals surface area contributed by atoms with Crippen molar-refractivity contribution in [3.05, 3.63) is 62.5 Å². The van der Waals surface area contributed by atoms with Gasteiger partial charge in [-0.3, -0.25) is 9.20 Å². The van der Waals surface area contributed by atoms with Crippen molar-refractivity contribution >= 4 is 56.8 Å². The topological polar surface area (TPSA) is 164 Å². The van der Waals surface area contributed by atoms with Gasteiger partial charge < -0.3 is 21.1 Å². The van der Waals surface area contributed by atoms with Crippen LogP contribution in [0.4, 0.5) is 29.3 Å². The van der Waals surface area contributed by atoms with Crippen LogP contribution < -0.4 is 16.6 Å². The van der Waals surface area contributed by atoms with E-state index in [1.54, 1.807) is 6.07 Å². The third kappa shape index (κ3) is 5.75. The maximum atomic E-state index is 14.2. The van der Waals surface area contributed by atoms with E-state index < -0.39 is 24.0 Å². The molecule has 17 heteroatoms. The van der Waals surface area contributed by atoms with E-state index in [4.69, 9.17) is 32.2 Å². The van der Waals surface area contributed by atoms with Gasteiger partial charge in [-0.25, -0.2) is 19.2 Å². The standard InChI is InChI=1S/C20H16ClFN8OS.C2HF3O2/c1-8-6-32-20-27-14(9(2)26-17-15-16(25-7-24-15)28-19(23)29-17)13(18(31)30(8)20)10-3-11(21)5-12(22)4-10;3-2(4,5)1(6)7/h3-7,9H,1-2H3,(H4,23,24,25,26,28,29);(H,6,7). The van der Waals surface area contributed by atoms with Crippen molar-refractivity contribution in [1.82, 2.24) is 29.3 Å². The molecule has 0 spiro atoms. The van der Waals surface area contributed by atoms with Crippen LogP contribution in [-0.4, -0.2) is 46.6 Å². The molecule has 1 atom stereocenters. The Bertz CT molecular complexity index is 1750. The summed E-state index contributed by atoms with van der Waals surface area (Å²) in [5.41, 5.74) is 8.21. The van der Waals surface area contributed by atoms with Crippen LogP contribution >= 0.6 is 22.9 Å². The van der Waals surface area contributed by atoms with E-state index >= 15 is 0 Å². The third-order valence-electron chi connectivity index (χ3n) is 5.23. The summed E-state index contributed by atoms with van der Waals surface area (Å²) in [6.45, 7) is 3.64. The predicted molar refractivity (Wildman–Crippen MR) is 136 cm³/mol. The summed E-state index contributed by atoms with van der Waals surface area (Å²) < 4.78 is 47.4. The molecule has 1 unspecified atom stereocenters. The summed E-state index contributed by atoms with van der Waals surface area (Å²) in [5, 5.41) is 12.4. The molecule has 5 aromatic rings. The summed E-state index contributed by atoms with van der Waals surface area (Å²) in [4.78, 5) is 43.1. The Hall–Kier alpha value is -4.31. The minimum absolute atomic E-state index is 0.0498. The fourth-order valence-corrected chi connectivity index (χ4v) is 4.70. The average Bonchev–Trinajstić information content (AvgIpc) is 3.44. The maximum Gasteiger partial charge on any atom is 0.490 e. The number of aryl methyl sites for hydroxylation is 1. The number of alkyl halides is 3. The Kier molecular flexibility index (Phi) is 7.43. The number of nitrogen functional groups attached to an aromatic ring is 1. The largest absolute Gasteiger partial charge is 0.490 e. The number of carbonyl (C=O) groups is 1. The maximum absolute atomic E-state index is 14.2. The van der Waals surface area contributed by atoms with E-state index in [0.717, 1.165) is 5.69 Å². The molecular formula is C22H17ClF4N8O3S. The Morgan fingerprint density at radius 3 is 2.59 bits per heavy atom. The van der Waals surface area contributed by atoms with Crippen molar-refractivity contribution in [3.8, 4) is 11.1 Å². The van der Waals surface area contributed by atoms with Gasteiger partial charge in [-0.2, -0.15) is 23.1 Å². The first-order chi connectivity index (χ1) is 18.3. The highest BCUT2D eigenvalue weighted by Crippen LogP contribution is 2.31. The Labute approximate surface area is 224 Å². The molecule has 4 heterocycles. The molecule has 5 rings (SSSR count). The minimum atomic E-state index is -5.08. The number of H-pyrrole nitrogens is 1. The van der Waals surface area contributed by atoms with Gasteiger partial charge in [-0.15, -0.1) is 11.3 Å². The predicted octanol–water partition coefficient (Wildman–Crippen LogP) is 4.58. The van der Waals surface area contributed by atoms with Gasteiger partial charge in [0.1, 0.15) is 11.3 Å². The van der Waals surface area contributed by atoms with Crippen LogP contribution in [-0.2, 0) is 4.79 Å². The molecule has 204 valence electrons. The van der Waals surface area contributed by atoms with Crippen LogP contribution in [0.3, 0.4) is 0 Å². The highest BCUT2D eigenvalue weighted by atomic mass is 35.5. The van der Waals surface area contributed by atoms with Gasteiger partial charge in [-0.05, 0) is 37.6 Å². The van der Waals surface area contributed by atoms with Crippen LogP contribution in [0.15, 0.2) is 34.7 Å². The van der Waals surface area contributed by atoms with Crippen LogP contribution in [0, 0.1) is 12.7 Å². The van der Waals surface area contributed by atoms with Gasteiger partial charge in [0.15, 0.2) is 16.4 Å². The van der Waals surface area contributed by atoms with Crippen LogP contribution in [0.1, 0.15) is 24.4 Å². The van der Waals surface area contributed by atoms with Crippen molar-refractivity contribution in [2.45, 2.75) is 26.1 Å². The van der Waals surface area contributed by atoms with E-state index in [2.05, 4.69) is 25.3 Å². The van der Waals surface area contributed by atoms with Gasteiger partial charge in [0.2, 0.25) is 5.95 Å². The van der Waals surface area contributed by atoms with Gasteiger partial charge >= 0.3 is 12.1 Å². The Balaban J connectivity index is 0.000000448. The highest BCUT2D eigenvalue weighted by Gasteiger charge is 2.38. The number of nitrogens with one attached hydrogen (secondary N) is 2. The molecule has 0 aliphatic carbocycles. The smallest absolute Gasteiger partial charge is 0.475 e. The van der Waals surface area contributed by atoms with Gasteiger partial charge in [0, 0.05) is 16.1 Å². The molecule has 1 aromatic carbocycles. The van der Waals surface area contributed by atoms with E-state index in [-0.39, 0.29) is 22.1 Å². The van der Waals surface area contributed by atoms with Crippen molar-refractivity contribution in [3.63, 3.8) is 0 Å². The number of nitrogens with zero attached hydrogens (tertiary/aromatic N) is 5. The highest BCUT2D eigenvalue weighted by molar-refractivity contribution is 7.15. The number of carboxylic acids is 1. The van der Waals surface area contributed by atoms with E-state index in [9.17, 15) is 22.4 Å². The number of aliphatic carboxylic acids is 1. The second-order valence-electron chi connectivity index (χ2n) is 8.03. The molecule has 39 heavy (non-hydrogen) atoms. The second-order valence-corrected chi connectivity index (χ2v) is 9.30. The molecule has 0 aliphatic heterocycles. The van der Waals surface area contributed by atoms with Crippen molar-refractivity contribution in [2.24, 2.45) is 0 Å². The molecule has 0 saturated carbocycles. The first kappa shape index (κ1) is 27.7.